The SMILES string of the molecule is Cc1csc(C)c1N(c1ccccc1)c1cc(N(c2ccccc2)c2c(C)csc2C)c2ccc3c(N(c4ccccc4)c4c(C)csc4C)cc(N(c4ccccc4)c4c(C)csc4C)c4ccc1c2c43. The summed E-state index contributed by atoms with van der Waals surface area (Å²) in [4.78, 5) is 15.3. The number of thiophene rings is 4. The maximum atomic E-state index is 2.54. The van der Waals surface area contributed by atoms with Gasteiger partial charge in [-0.1, -0.05) is 97.1 Å². The third kappa shape index (κ3) is 7.50. The summed E-state index contributed by atoms with van der Waals surface area (Å²) in [6.07, 6.45) is 0. The van der Waals surface area contributed by atoms with E-state index in [0.717, 1.165) is 45.5 Å². The summed E-state index contributed by atoms with van der Waals surface area (Å²) in [6, 6.07) is 58.6. The smallest absolute Gasteiger partial charge is 0.0627 e. The van der Waals surface area contributed by atoms with E-state index >= 15 is 0 Å². The Kier molecular flexibility index (Phi) is 11.8. The molecule has 0 unspecified atom stereocenters. The first-order chi connectivity index (χ1) is 35.1. The lowest BCUT2D eigenvalue weighted by Crippen LogP contribution is -2.17. The minimum absolute atomic E-state index is 1.12. The number of hydrogen-bond donors (Lipinski definition) is 0. The Morgan fingerprint density at radius 1 is 0.264 bits per heavy atom. The van der Waals surface area contributed by atoms with Crippen LogP contribution < -0.4 is 19.6 Å². The first kappa shape index (κ1) is 45.9. The van der Waals surface area contributed by atoms with Crippen molar-refractivity contribution in [3.05, 3.63) is 221 Å². The van der Waals surface area contributed by atoms with Gasteiger partial charge in [0.15, 0.2) is 0 Å². The number of rotatable bonds is 12. The molecule has 0 fully saturated rings. The maximum Gasteiger partial charge on any atom is 0.0627 e. The lowest BCUT2D eigenvalue weighted by atomic mass is 9.89. The van der Waals surface area contributed by atoms with Crippen molar-refractivity contribution in [2.75, 3.05) is 19.6 Å². The summed E-state index contributed by atoms with van der Waals surface area (Å²) in [5.41, 5.74) is 18.9. The second kappa shape index (κ2) is 18.4. The van der Waals surface area contributed by atoms with E-state index in [2.05, 4.69) is 254 Å². The van der Waals surface area contributed by atoms with Crippen molar-refractivity contribution in [3.8, 4) is 0 Å². The van der Waals surface area contributed by atoms with Crippen molar-refractivity contribution in [3.63, 3.8) is 0 Å². The van der Waals surface area contributed by atoms with Gasteiger partial charge in [0.1, 0.15) is 0 Å². The van der Waals surface area contributed by atoms with Gasteiger partial charge >= 0.3 is 0 Å². The van der Waals surface area contributed by atoms with Gasteiger partial charge in [-0.3, -0.25) is 0 Å². The van der Waals surface area contributed by atoms with E-state index in [4.69, 9.17) is 0 Å². The molecular formula is C64H54N4S4. The van der Waals surface area contributed by atoms with Crippen LogP contribution in [0.2, 0.25) is 0 Å². The third-order valence-corrected chi connectivity index (χ3v) is 18.3. The Bertz CT molecular complexity index is 3340. The summed E-state index contributed by atoms with van der Waals surface area (Å²) >= 11 is 7.28. The zero-order chi connectivity index (χ0) is 49.4. The summed E-state index contributed by atoms with van der Waals surface area (Å²) in [6.45, 7) is 18.1. The fourth-order valence-corrected chi connectivity index (χ4v) is 14.4. The molecule has 0 N–H and O–H groups in total. The summed E-state index contributed by atoms with van der Waals surface area (Å²) in [7, 11) is 0. The Morgan fingerprint density at radius 2 is 0.472 bits per heavy atom. The van der Waals surface area contributed by atoms with Crippen LogP contribution >= 0.6 is 45.3 Å². The van der Waals surface area contributed by atoms with E-state index in [9.17, 15) is 0 Å². The molecule has 12 aromatic rings. The maximum absolute atomic E-state index is 2.54. The molecule has 0 bridgehead atoms. The molecule has 0 saturated carbocycles. The Labute approximate surface area is 438 Å². The number of benzene rings is 8. The van der Waals surface area contributed by atoms with Crippen LogP contribution in [0.5, 0.6) is 0 Å². The number of hydrogen-bond acceptors (Lipinski definition) is 8. The molecule has 0 radical (unpaired) electrons. The van der Waals surface area contributed by atoms with Gasteiger partial charge in [-0.05, 0) is 160 Å². The summed E-state index contributed by atoms with van der Waals surface area (Å²) in [5.74, 6) is 0. The minimum atomic E-state index is 1.12. The van der Waals surface area contributed by atoms with Gasteiger partial charge in [0.2, 0.25) is 0 Å². The van der Waals surface area contributed by atoms with Crippen molar-refractivity contribution < 1.29 is 0 Å². The van der Waals surface area contributed by atoms with Crippen LogP contribution in [0.3, 0.4) is 0 Å². The molecule has 12 rings (SSSR count). The molecule has 4 nitrogen and oxygen atoms in total. The number of aryl methyl sites for hydroxylation is 8. The molecule has 8 heteroatoms. The summed E-state index contributed by atoms with van der Waals surface area (Å²) < 4.78 is 0. The van der Waals surface area contributed by atoms with E-state index in [1.165, 1.54) is 96.8 Å². The average Bonchev–Trinajstić information content (AvgIpc) is 4.14. The monoisotopic (exact) mass is 1010 g/mol. The predicted octanol–water partition coefficient (Wildman–Crippen LogP) is 21.2. The fraction of sp³-hybridized carbons (Fsp3) is 0.125. The van der Waals surface area contributed by atoms with E-state index in [1.54, 1.807) is 0 Å². The normalized spacial score (nSPS) is 11.6. The quantitative estimate of drug-likeness (QED) is 0.113. The standard InChI is InChI=1S/C64H54N4S4/c1-39-35-69-43(5)61(39)65(47-21-13-9-14-22-47)55-33-56(66(48-23-15-10-16-24-48)62-40(2)36-70-44(62)6)52-31-32-54-58(68(50-27-19-12-20-28-50)64-42(4)38-72-46(64)8)34-57(53-30-29-51(55)59(52)60(53)54)67(49-25-17-11-18-26-49)63-41(3)37-71-45(63)7/h9-38H,1-8H3. The summed E-state index contributed by atoms with van der Waals surface area (Å²) in [5, 5.41) is 16.5. The van der Waals surface area contributed by atoms with Crippen molar-refractivity contribution in [1.82, 2.24) is 0 Å². The molecule has 0 spiro atoms. The van der Waals surface area contributed by atoms with Gasteiger partial charge in [-0.25, -0.2) is 0 Å². The topological polar surface area (TPSA) is 13.0 Å². The number of nitrogens with zero attached hydrogens (tertiary/aromatic N) is 4. The molecule has 0 aliphatic carbocycles. The molecule has 0 aliphatic rings. The van der Waals surface area contributed by atoms with Gasteiger partial charge in [-0.2, -0.15) is 0 Å². The highest BCUT2D eigenvalue weighted by Crippen LogP contribution is 2.57. The molecule has 8 aromatic carbocycles. The minimum Gasteiger partial charge on any atom is -0.308 e. The second-order valence-electron chi connectivity index (χ2n) is 18.9. The molecule has 0 amide bonds. The van der Waals surface area contributed by atoms with Gasteiger partial charge in [0, 0.05) is 74.6 Å². The molecule has 72 heavy (non-hydrogen) atoms. The molecule has 4 heterocycles. The fourth-order valence-electron chi connectivity index (χ4n) is 11.1. The van der Waals surface area contributed by atoms with Crippen molar-refractivity contribution >= 4 is 146 Å². The van der Waals surface area contributed by atoms with Crippen molar-refractivity contribution in [1.29, 1.82) is 0 Å². The molecule has 4 aromatic heterocycles. The van der Waals surface area contributed by atoms with Crippen LogP contribution in [0.4, 0.5) is 68.2 Å². The van der Waals surface area contributed by atoms with E-state index in [1.807, 2.05) is 45.3 Å². The Morgan fingerprint density at radius 3 is 0.653 bits per heavy atom. The molecule has 0 saturated heterocycles. The third-order valence-electron chi connectivity index (χ3n) is 14.2. The van der Waals surface area contributed by atoms with Crippen LogP contribution in [-0.2, 0) is 0 Å². The van der Waals surface area contributed by atoms with Gasteiger partial charge in [0.05, 0.1) is 45.5 Å². The zero-order valence-electron chi connectivity index (χ0n) is 41.7. The predicted molar refractivity (Wildman–Crippen MR) is 318 cm³/mol. The van der Waals surface area contributed by atoms with Crippen LogP contribution in [0.15, 0.2) is 179 Å². The van der Waals surface area contributed by atoms with E-state index in [-0.39, 0.29) is 0 Å². The van der Waals surface area contributed by atoms with Crippen molar-refractivity contribution in [2.24, 2.45) is 0 Å². The van der Waals surface area contributed by atoms with E-state index < -0.39 is 0 Å². The lowest BCUT2D eigenvalue weighted by molar-refractivity contribution is 1.23. The van der Waals surface area contributed by atoms with Crippen LogP contribution in [0.25, 0.3) is 32.3 Å². The number of para-hydroxylation sites is 4. The molecule has 0 atom stereocenters. The van der Waals surface area contributed by atoms with Gasteiger partial charge < -0.3 is 19.6 Å². The van der Waals surface area contributed by atoms with Crippen LogP contribution in [-0.4, -0.2) is 0 Å². The van der Waals surface area contributed by atoms with Crippen LogP contribution in [0.1, 0.15) is 41.8 Å². The zero-order valence-corrected chi connectivity index (χ0v) is 45.0. The highest BCUT2D eigenvalue weighted by molar-refractivity contribution is 7.11. The molecule has 354 valence electrons. The van der Waals surface area contributed by atoms with Crippen LogP contribution in [0, 0.1) is 55.4 Å². The Balaban J connectivity index is 1.32. The highest BCUT2D eigenvalue weighted by Gasteiger charge is 2.32. The largest absolute Gasteiger partial charge is 0.308 e. The Hall–Kier alpha value is -7.20. The first-order valence-corrected chi connectivity index (χ1v) is 28.0. The average molecular weight is 1010 g/mol. The van der Waals surface area contributed by atoms with Crippen molar-refractivity contribution in [2.45, 2.75) is 55.4 Å². The van der Waals surface area contributed by atoms with Gasteiger partial charge in [0.25, 0.3) is 0 Å². The van der Waals surface area contributed by atoms with E-state index in [0.29, 0.717) is 0 Å². The highest BCUT2D eigenvalue weighted by atomic mass is 32.1. The molecular weight excluding hydrogens is 953 g/mol. The van der Waals surface area contributed by atoms with Gasteiger partial charge in [-0.15, -0.1) is 45.3 Å². The number of anilines is 12. The lowest BCUT2D eigenvalue weighted by Gasteiger charge is -2.35. The second-order valence-corrected chi connectivity index (χ2v) is 23.2. The molecule has 0 aliphatic heterocycles. The first-order valence-electron chi connectivity index (χ1n) is 24.5.